The van der Waals surface area contributed by atoms with E-state index in [0.717, 1.165) is 23.6 Å². The highest BCUT2D eigenvalue weighted by Gasteiger charge is 2.14. The van der Waals surface area contributed by atoms with E-state index in [9.17, 15) is 4.79 Å². The van der Waals surface area contributed by atoms with Gasteiger partial charge in [-0.1, -0.05) is 38.1 Å². The molecule has 19 heavy (non-hydrogen) atoms. The number of azo groups is 1. The first-order valence-corrected chi connectivity index (χ1v) is 6.49. The first kappa shape index (κ1) is 13.3. The first-order valence-electron chi connectivity index (χ1n) is 6.49. The maximum atomic E-state index is 11.8. The van der Waals surface area contributed by atoms with E-state index in [4.69, 9.17) is 5.73 Å². The van der Waals surface area contributed by atoms with Crippen molar-refractivity contribution >= 4 is 28.3 Å². The van der Waals surface area contributed by atoms with E-state index in [1.807, 2.05) is 38.1 Å². The third kappa shape index (κ3) is 2.65. The molecule has 0 saturated carbocycles. The fourth-order valence-corrected chi connectivity index (χ4v) is 2.08. The second-order valence-electron chi connectivity index (χ2n) is 4.48. The van der Waals surface area contributed by atoms with Crippen molar-refractivity contribution in [1.29, 1.82) is 0 Å². The number of nitrogens with one attached hydrogen (secondary N) is 1. The van der Waals surface area contributed by atoms with Gasteiger partial charge in [0, 0.05) is 16.7 Å². The molecular weight excluding hydrogens is 240 g/mol. The molecule has 3 N–H and O–H groups in total. The molecule has 5 heteroatoms. The molecule has 1 aromatic heterocycles. The Morgan fingerprint density at radius 2 is 1.89 bits per heavy atom. The van der Waals surface area contributed by atoms with E-state index >= 15 is 0 Å². The van der Waals surface area contributed by atoms with E-state index in [0.29, 0.717) is 11.6 Å². The first-order chi connectivity index (χ1) is 9.17. The van der Waals surface area contributed by atoms with Gasteiger partial charge in [-0.3, -0.25) is 4.79 Å². The van der Waals surface area contributed by atoms with Gasteiger partial charge in [0.15, 0.2) is 5.82 Å². The average Bonchev–Trinajstić information content (AvgIpc) is 2.75. The molecule has 0 aliphatic heterocycles. The lowest BCUT2D eigenvalue weighted by atomic mass is 10.0. The Bertz CT molecular complexity index is 611. The molecule has 1 amide bonds. The van der Waals surface area contributed by atoms with Gasteiger partial charge in [-0.25, -0.2) is 0 Å². The van der Waals surface area contributed by atoms with Crippen LogP contribution in [0.4, 0.5) is 11.6 Å². The second-order valence-corrected chi connectivity index (χ2v) is 4.48. The molecule has 2 rings (SSSR count). The van der Waals surface area contributed by atoms with Crippen molar-refractivity contribution in [1.82, 2.24) is 4.98 Å². The van der Waals surface area contributed by atoms with Crippen molar-refractivity contribution in [3.05, 3.63) is 24.3 Å². The zero-order valence-corrected chi connectivity index (χ0v) is 11.2. The number of anilines is 1. The third-order valence-corrected chi connectivity index (χ3v) is 3.31. The summed E-state index contributed by atoms with van der Waals surface area (Å²) in [7, 11) is 0. The number of aromatic nitrogens is 1. The van der Waals surface area contributed by atoms with Crippen LogP contribution in [0.1, 0.15) is 26.7 Å². The summed E-state index contributed by atoms with van der Waals surface area (Å²) >= 11 is 0. The van der Waals surface area contributed by atoms with Gasteiger partial charge in [0.1, 0.15) is 5.82 Å². The third-order valence-electron chi connectivity index (χ3n) is 3.31. The number of rotatable bonds is 4. The molecule has 0 bridgehead atoms. The van der Waals surface area contributed by atoms with Crippen LogP contribution in [0.5, 0.6) is 0 Å². The van der Waals surface area contributed by atoms with Gasteiger partial charge in [0.25, 0.3) is 5.91 Å². The molecule has 2 aromatic rings. The van der Waals surface area contributed by atoms with Crippen LogP contribution in [0.3, 0.4) is 0 Å². The lowest BCUT2D eigenvalue weighted by Gasteiger charge is -2.04. The quantitative estimate of drug-likeness (QED) is 0.817. The molecule has 0 atom stereocenters. The van der Waals surface area contributed by atoms with Gasteiger partial charge in [-0.2, -0.15) is 0 Å². The van der Waals surface area contributed by atoms with Gasteiger partial charge >= 0.3 is 0 Å². The molecule has 100 valence electrons. The van der Waals surface area contributed by atoms with Crippen LogP contribution in [0.25, 0.3) is 10.8 Å². The van der Waals surface area contributed by atoms with Gasteiger partial charge in [-0.05, 0) is 12.8 Å². The maximum absolute atomic E-state index is 11.8. The van der Waals surface area contributed by atoms with Crippen molar-refractivity contribution in [2.75, 3.05) is 5.73 Å². The van der Waals surface area contributed by atoms with Crippen LogP contribution in [-0.4, -0.2) is 10.9 Å². The molecule has 0 unspecified atom stereocenters. The van der Waals surface area contributed by atoms with Crippen LogP contribution in [-0.2, 0) is 4.79 Å². The van der Waals surface area contributed by atoms with Crippen LogP contribution < -0.4 is 5.73 Å². The predicted octanol–water partition coefficient (Wildman–Crippen LogP) is 3.80. The molecule has 5 nitrogen and oxygen atoms in total. The van der Waals surface area contributed by atoms with E-state index in [1.54, 1.807) is 0 Å². The SMILES string of the molecule is CCC(CC)C(=O)N=Nc1[nH]c(N)c2ccccc12. The van der Waals surface area contributed by atoms with E-state index in [-0.39, 0.29) is 11.8 Å². The van der Waals surface area contributed by atoms with Crippen LogP contribution in [0, 0.1) is 5.92 Å². The highest BCUT2D eigenvalue weighted by Crippen LogP contribution is 2.30. The van der Waals surface area contributed by atoms with Crippen molar-refractivity contribution in [2.45, 2.75) is 26.7 Å². The molecule has 1 heterocycles. The number of aromatic amines is 1. The Labute approximate surface area is 111 Å². The van der Waals surface area contributed by atoms with E-state index in [2.05, 4.69) is 15.2 Å². The van der Waals surface area contributed by atoms with Gasteiger partial charge in [0.05, 0.1) is 0 Å². The number of H-pyrrole nitrogens is 1. The van der Waals surface area contributed by atoms with E-state index in [1.165, 1.54) is 0 Å². The lowest BCUT2D eigenvalue weighted by Crippen LogP contribution is -2.08. The summed E-state index contributed by atoms with van der Waals surface area (Å²) in [5.74, 6) is 0.844. The number of hydrogen-bond donors (Lipinski definition) is 2. The number of benzene rings is 1. The number of nitrogens with two attached hydrogens (primary N) is 1. The standard InChI is InChI=1S/C14H18N4O/c1-3-9(4-2)14(19)18-17-13-11-8-6-5-7-10(11)12(15)16-13/h5-9,16H,3-4,15H2,1-2H3. The zero-order valence-electron chi connectivity index (χ0n) is 11.2. The van der Waals surface area contributed by atoms with Crippen LogP contribution >= 0.6 is 0 Å². The Kier molecular flexibility index (Phi) is 3.94. The molecule has 1 aromatic carbocycles. The number of fused-ring (bicyclic) bond motifs is 1. The topological polar surface area (TPSA) is 83.6 Å². The molecule has 0 spiro atoms. The van der Waals surface area contributed by atoms with Crippen molar-refractivity contribution in [3.63, 3.8) is 0 Å². The van der Waals surface area contributed by atoms with Crippen molar-refractivity contribution in [3.8, 4) is 0 Å². The fraction of sp³-hybridized carbons (Fsp3) is 0.357. The minimum absolute atomic E-state index is 0.0534. The van der Waals surface area contributed by atoms with Gasteiger partial charge < -0.3 is 10.7 Å². The Morgan fingerprint density at radius 3 is 2.53 bits per heavy atom. The number of nitrogen functional groups attached to an aromatic ring is 1. The smallest absolute Gasteiger partial charge is 0.267 e. The Hall–Kier alpha value is -2.17. The minimum Gasteiger partial charge on any atom is -0.385 e. The second kappa shape index (κ2) is 5.65. The molecule has 0 saturated heterocycles. The number of amides is 1. The molecule has 0 radical (unpaired) electrons. The summed E-state index contributed by atoms with van der Waals surface area (Å²) in [5.41, 5.74) is 5.85. The summed E-state index contributed by atoms with van der Waals surface area (Å²) < 4.78 is 0. The van der Waals surface area contributed by atoms with Crippen LogP contribution in [0.15, 0.2) is 34.5 Å². The average molecular weight is 258 g/mol. The van der Waals surface area contributed by atoms with E-state index < -0.39 is 0 Å². The molecule has 0 fully saturated rings. The summed E-state index contributed by atoms with van der Waals surface area (Å²) in [5, 5.41) is 9.58. The Morgan fingerprint density at radius 1 is 1.26 bits per heavy atom. The highest BCUT2D eigenvalue weighted by atomic mass is 16.1. The van der Waals surface area contributed by atoms with Gasteiger partial charge in [0.2, 0.25) is 0 Å². The summed E-state index contributed by atoms with van der Waals surface area (Å²) in [4.78, 5) is 14.8. The summed E-state index contributed by atoms with van der Waals surface area (Å²) in [6.45, 7) is 3.95. The summed E-state index contributed by atoms with van der Waals surface area (Å²) in [6, 6.07) is 7.61. The number of hydrogen-bond acceptors (Lipinski definition) is 3. The summed E-state index contributed by atoms with van der Waals surface area (Å²) in [6.07, 6.45) is 1.56. The normalized spacial score (nSPS) is 11.7. The number of nitrogens with zero attached hydrogens (tertiary/aromatic N) is 2. The molecule has 0 aliphatic carbocycles. The Balaban J connectivity index is 2.29. The molecular formula is C14H18N4O. The molecule has 0 aliphatic rings. The minimum atomic E-state index is -0.178. The number of carbonyl (C=O) groups is 1. The predicted molar refractivity (Wildman–Crippen MR) is 76.3 cm³/mol. The van der Waals surface area contributed by atoms with Crippen LogP contribution in [0.2, 0.25) is 0 Å². The highest BCUT2D eigenvalue weighted by molar-refractivity contribution is 5.99. The van der Waals surface area contributed by atoms with Crippen molar-refractivity contribution < 1.29 is 4.79 Å². The lowest BCUT2D eigenvalue weighted by molar-refractivity contribution is -0.122. The zero-order chi connectivity index (χ0) is 13.8. The van der Waals surface area contributed by atoms with Crippen molar-refractivity contribution in [2.24, 2.45) is 16.1 Å². The maximum Gasteiger partial charge on any atom is 0.267 e. The fourth-order valence-electron chi connectivity index (χ4n) is 2.08. The monoisotopic (exact) mass is 258 g/mol. The largest absolute Gasteiger partial charge is 0.385 e. The van der Waals surface area contributed by atoms with Gasteiger partial charge in [-0.15, -0.1) is 10.2 Å². The number of carbonyl (C=O) groups excluding carboxylic acids is 1.